The van der Waals surface area contributed by atoms with Gasteiger partial charge in [-0.3, -0.25) is 0 Å². The summed E-state index contributed by atoms with van der Waals surface area (Å²) in [5.74, 6) is 0.351. The fourth-order valence-electron chi connectivity index (χ4n) is 2.33. The number of carbonyl (C=O) groups is 1. The smallest absolute Gasteiger partial charge is 0.341 e. The number of aliphatic carboxylic acids is 1. The van der Waals surface area contributed by atoms with Gasteiger partial charge >= 0.3 is 5.97 Å². The first kappa shape index (κ1) is 17.8. The van der Waals surface area contributed by atoms with Crippen molar-refractivity contribution in [3.8, 4) is 28.5 Å². The van der Waals surface area contributed by atoms with E-state index in [0.717, 1.165) is 21.8 Å². The van der Waals surface area contributed by atoms with Gasteiger partial charge in [-0.25, -0.2) is 9.78 Å². The Morgan fingerprint density at radius 3 is 2.77 bits per heavy atom. The molecule has 0 saturated carbocycles. The Morgan fingerprint density at radius 2 is 2.04 bits per heavy atom. The number of benzene rings is 2. The summed E-state index contributed by atoms with van der Waals surface area (Å²) >= 11 is 1.48. The van der Waals surface area contributed by atoms with Crippen molar-refractivity contribution in [2.45, 2.75) is 13.5 Å². The molecule has 26 heavy (non-hydrogen) atoms. The summed E-state index contributed by atoms with van der Waals surface area (Å²) < 4.78 is 10.9. The van der Waals surface area contributed by atoms with Crippen LogP contribution in [0.1, 0.15) is 10.6 Å². The van der Waals surface area contributed by atoms with Crippen molar-refractivity contribution in [3.63, 3.8) is 0 Å². The lowest BCUT2D eigenvalue weighted by Gasteiger charge is -2.09. The average molecular weight is 371 g/mol. The second kappa shape index (κ2) is 7.88. The standard InChI is InChI=1S/C19H17NO5S/c1-12-7-15(5-6-17(12)25-10-19(22)23)24-9-18-20-16(11-26-18)13-3-2-4-14(21)8-13/h2-8,11,21H,9-10H2,1H3,(H,22,23). The van der Waals surface area contributed by atoms with E-state index in [4.69, 9.17) is 14.6 Å². The normalized spacial score (nSPS) is 10.5. The average Bonchev–Trinajstić information content (AvgIpc) is 3.08. The second-order valence-corrected chi connectivity index (χ2v) is 6.52. The number of aromatic hydroxyl groups is 1. The fourth-order valence-corrected chi connectivity index (χ4v) is 3.05. The van der Waals surface area contributed by atoms with E-state index in [1.807, 2.05) is 18.4 Å². The van der Waals surface area contributed by atoms with Crippen LogP contribution in [-0.2, 0) is 11.4 Å². The van der Waals surface area contributed by atoms with Crippen LogP contribution in [0.25, 0.3) is 11.3 Å². The number of hydrogen-bond acceptors (Lipinski definition) is 6. The van der Waals surface area contributed by atoms with E-state index in [1.54, 1.807) is 36.4 Å². The third-order valence-corrected chi connectivity index (χ3v) is 4.38. The zero-order chi connectivity index (χ0) is 18.5. The Morgan fingerprint density at radius 1 is 1.19 bits per heavy atom. The van der Waals surface area contributed by atoms with Gasteiger partial charge in [0.15, 0.2) is 6.61 Å². The minimum atomic E-state index is -1.02. The fraction of sp³-hybridized carbons (Fsp3) is 0.158. The Kier molecular flexibility index (Phi) is 5.38. The summed E-state index contributed by atoms with van der Waals surface area (Å²) in [5.41, 5.74) is 2.43. The minimum Gasteiger partial charge on any atom is -0.508 e. The second-order valence-electron chi connectivity index (χ2n) is 5.58. The van der Waals surface area contributed by atoms with Gasteiger partial charge in [-0.2, -0.15) is 0 Å². The molecule has 2 N–H and O–H groups in total. The quantitative estimate of drug-likeness (QED) is 0.655. The maximum atomic E-state index is 10.6. The van der Waals surface area contributed by atoms with Crippen LogP contribution in [0, 0.1) is 6.92 Å². The molecule has 0 saturated heterocycles. The van der Waals surface area contributed by atoms with Crippen molar-refractivity contribution >= 4 is 17.3 Å². The number of aryl methyl sites for hydroxylation is 1. The maximum absolute atomic E-state index is 10.6. The molecule has 1 aromatic heterocycles. The van der Waals surface area contributed by atoms with E-state index in [0.29, 0.717) is 18.1 Å². The molecule has 0 aliphatic heterocycles. The minimum absolute atomic E-state index is 0.203. The van der Waals surface area contributed by atoms with Crippen molar-refractivity contribution in [1.29, 1.82) is 0 Å². The highest BCUT2D eigenvalue weighted by atomic mass is 32.1. The van der Waals surface area contributed by atoms with Crippen molar-refractivity contribution in [2.24, 2.45) is 0 Å². The lowest BCUT2D eigenvalue weighted by Crippen LogP contribution is -2.10. The summed E-state index contributed by atoms with van der Waals surface area (Å²) in [4.78, 5) is 15.1. The van der Waals surface area contributed by atoms with Gasteiger partial charge in [0.2, 0.25) is 0 Å². The van der Waals surface area contributed by atoms with Crippen molar-refractivity contribution in [2.75, 3.05) is 6.61 Å². The van der Waals surface area contributed by atoms with Gasteiger partial charge in [0, 0.05) is 10.9 Å². The zero-order valence-electron chi connectivity index (χ0n) is 14.0. The molecule has 0 atom stereocenters. The van der Waals surface area contributed by atoms with Crippen molar-refractivity contribution in [3.05, 3.63) is 58.4 Å². The highest BCUT2D eigenvalue weighted by Crippen LogP contribution is 2.27. The Labute approximate surface area is 154 Å². The number of phenolic OH excluding ortho intramolecular Hbond substituents is 1. The van der Waals surface area contributed by atoms with Gasteiger partial charge in [0.25, 0.3) is 0 Å². The van der Waals surface area contributed by atoms with Gasteiger partial charge in [-0.05, 0) is 42.8 Å². The highest BCUT2D eigenvalue weighted by Gasteiger charge is 2.08. The molecule has 0 aliphatic carbocycles. The van der Waals surface area contributed by atoms with Crippen LogP contribution in [0.15, 0.2) is 47.8 Å². The molecule has 2 aromatic carbocycles. The Hall–Kier alpha value is -3.06. The van der Waals surface area contributed by atoms with Gasteiger partial charge in [0.1, 0.15) is 28.9 Å². The molecular weight excluding hydrogens is 354 g/mol. The summed E-state index contributed by atoms with van der Waals surface area (Å²) in [7, 11) is 0. The first-order valence-corrected chi connectivity index (χ1v) is 8.71. The summed E-state index contributed by atoms with van der Waals surface area (Å²) in [6, 6.07) is 12.2. The molecule has 1 heterocycles. The summed E-state index contributed by atoms with van der Waals surface area (Å²) in [6.45, 7) is 1.77. The summed E-state index contributed by atoms with van der Waals surface area (Å²) in [6.07, 6.45) is 0. The maximum Gasteiger partial charge on any atom is 0.341 e. The number of thiazole rings is 1. The predicted octanol–water partition coefficient (Wildman–Crippen LogP) is 3.87. The number of phenols is 1. The van der Waals surface area contributed by atoms with Crippen LogP contribution in [0.3, 0.4) is 0 Å². The van der Waals surface area contributed by atoms with E-state index in [1.165, 1.54) is 11.3 Å². The number of hydrogen-bond donors (Lipinski definition) is 2. The lowest BCUT2D eigenvalue weighted by atomic mass is 10.2. The lowest BCUT2D eigenvalue weighted by molar-refractivity contribution is -0.139. The SMILES string of the molecule is Cc1cc(OCc2nc(-c3cccc(O)c3)cs2)ccc1OCC(=O)O. The van der Waals surface area contributed by atoms with E-state index in [9.17, 15) is 9.90 Å². The Bertz CT molecular complexity index is 922. The molecule has 3 rings (SSSR count). The van der Waals surface area contributed by atoms with Crippen LogP contribution in [0.2, 0.25) is 0 Å². The first-order valence-electron chi connectivity index (χ1n) is 7.83. The molecular formula is C19H17NO5S. The highest BCUT2D eigenvalue weighted by molar-refractivity contribution is 7.09. The molecule has 0 radical (unpaired) electrons. The monoisotopic (exact) mass is 371 g/mol. The number of carboxylic acid groups (broad SMARTS) is 1. The molecule has 0 aliphatic rings. The summed E-state index contributed by atoms with van der Waals surface area (Å²) in [5, 5.41) is 20.9. The van der Waals surface area contributed by atoms with Gasteiger partial charge < -0.3 is 19.7 Å². The van der Waals surface area contributed by atoms with Gasteiger partial charge in [0.05, 0.1) is 5.69 Å². The zero-order valence-corrected chi connectivity index (χ0v) is 14.8. The third-order valence-electron chi connectivity index (χ3n) is 3.55. The number of ether oxygens (including phenoxy) is 2. The molecule has 0 bridgehead atoms. The topological polar surface area (TPSA) is 88.9 Å². The van der Waals surface area contributed by atoms with E-state index >= 15 is 0 Å². The number of aromatic nitrogens is 1. The molecule has 0 amide bonds. The third kappa shape index (κ3) is 4.52. The van der Waals surface area contributed by atoms with E-state index in [-0.39, 0.29) is 12.4 Å². The molecule has 134 valence electrons. The van der Waals surface area contributed by atoms with E-state index < -0.39 is 5.97 Å². The van der Waals surface area contributed by atoms with Crippen LogP contribution in [0.4, 0.5) is 0 Å². The first-order chi connectivity index (χ1) is 12.5. The van der Waals surface area contributed by atoms with Crippen molar-refractivity contribution in [1.82, 2.24) is 4.98 Å². The molecule has 0 spiro atoms. The molecule has 6 nitrogen and oxygen atoms in total. The van der Waals surface area contributed by atoms with Crippen LogP contribution < -0.4 is 9.47 Å². The largest absolute Gasteiger partial charge is 0.508 e. The van der Waals surface area contributed by atoms with Crippen LogP contribution in [0.5, 0.6) is 17.2 Å². The molecule has 0 unspecified atom stereocenters. The predicted molar refractivity (Wildman–Crippen MR) is 97.9 cm³/mol. The Balaban J connectivity index is 1.62. The molecule has 0 fully saturated rings. The van der Waals surface area contributed by atoms with Gasteiger partial charge in [-0.15, -0.1) is 11.3 Å². The van der Waals surface area contributed by atoms with Crippen LogP contribution >= 0.6 is 11.3 Å². The van der Waals surface area contributed by atoms with Gasteiger partial charge in [-0.1, -0.05) is 12.1 Å². The number of nitrogens with zero attached hydrogens (tertiary/aromatic N) is 1. The number of carboxylic acids is 1. The number of rotatable bonds is 7. The molecule has 3 aromatic rings. The van der Waals surface area contributed by atoms with Crippen LogP contribution in [-0.4, -0.2) is 27.8 Å². The van der Waals surface area contributed by atoms with Crippen molar-refractivity contribution < 1.29 is 24.5 Å². The van der Waals surface area contributed by atoms with E-state index in [2.05, 4.69) is 4.98 Å². The molecule has 7 heteroatoms.